The SMILES string of the molecule is Clc1cnc(Nc2cc(Cl)ccc2Br)c(Br)c1. The Bertz CT molecular complexity index is 561. The quantitative estimate of drug-likeness (QED) is 0.708. The Labute approximate surface area is 126 Å². The second-order valence-corrected chi connectivity index (χ2v) is 5.81. The molecule has 0 saturated heterocycles. The third-order valence-corrected chi connectivity index (χ3v) is 3.73. The van der Waals surface area contributed by atoms with E-state index in [0.717, 1.165) is 14.6 Å². The van der Waals surface area contributed by atoms with E-state index in [4.69, 9.17) is 23.2 Å². The molecule has 0 radical (unpaired) electrons. The first kappa shape index (κ1) is 13.1. The number of benzene rings is 1. The van der Waals surface area contributed by atoms with Crippen LogP contribution in [0.2, 0.25) is 10.0 Å². The van der Waals surface area contributed by atoms with Crippen molar-refractivity contribution >= 4 is 66.6 Å². The van der Waals surface area contributed by atoms with Gasteiger partial charge in [-0.2, -0.15) is 0 Å². The number of anilines is 2. The number of nitrogens with zero attached hydrogens (tertiary/aromatic N) is 1. The maximum atomic E-state index is 5.93. The molecule has 0 bridgehead atoms. The Kier molecular flexibility index (Phi) is 4.31. The van der Waals surface area contributed by atoms with Crippen molar-refractivity contribution < 1.29 is 0 Å². The van der Waals surface area contributed by atoms with Gasteiger partial charge in [-0.1, -0.05) is 23.2 Å². The molecule has 88 valence electrons. The number of nitrogens with one attached hydrogen (secondary N) is 1. The molecule has 2 nitrogen and oxygen atoms in total. The summed E-state index contributed by atoms with van der Waals surface area (Å²) in [5.41, 5.74) is 0.841. The van der Waals surface area contributed by atoms with Gasteiger partial charge in [-0.15, -0.1) is 0 Å². The standard InChI is InChI=1S/C11H6Br2Cl2N2/c12-8-2-1-6(14)4-10(8)17-11-9(13)3-7(15)5-16-11/h1-5H,(H,16,17). The number of hydrogen-bond acceptors (Lipinski definition) is 2. The molecule has 0 atom stereocenters. The van der Waals surface area contributed by atoms with Crippen molar-refractivity contribution in [3.05, 3.63) is 49.5 Å². The van der Waals surface area contributed by atoms with Gasteiger partial charge in [-0.05, 0) is 56.1 Å². The fourth-order valence-electron chi connectivity index (χ4n) is 1.23. The van der Waals surface area contributed by atoms with Crippen LogP contribution in [0.15, 0.2) is 39.4 Å². The fraction of sp³-hybridized carbons (Fsp3) is 0. The Morgan fingerprint density at radius 1 is 1.00 bits per heavy atom. The van der Waals surface area contributed by atoms with Crippen LogP contribution in [-0.2, 0) is 0 Å². The maximum Gasteiger partial charge on any atom is 0.144 e. The zero-order valence-electron chi connectivity index (χ0n) is 8.35. The minimum absolute atomic E-state index is 0.576. The van der Waals surface area contributed by atoms with Crippen LogP contribution in [0, 0.1) is 0 Å². The predicted octanol–water partition coefficient (Wildman–Crippen LogP) is 5.66. The summed E-state index contributed by atoms with van der Waals surface area (Å²) in [4.78, 5) is 4.19. The molecule has 0 amide bonds. The van der Waals surface area contributed by atoms with Gasteiger partial charge in [0.25, 0.3) is 0 Å². The van der Waals surface area contributed by atoms with Crippen molar-refractivity contribution in [2.45, 2.75) is 0 Å². The average molecular weight is 397 g/mol. The van der Waals surface area contributed by atoms with E-state index in [-0.39, 0.29) is 0 Å². The summed E-state index contributed by atoms with van der Waals surface area (Å²) in [7, 11) is 0. The first-order valence-electron chi connectivity index (χ1n) is 4.59. The van der Waals surface area contributed by atoms with Crippen molar-refractivity contribution in [1.29, 1.82) is 0 Å². The van der Waals surface area contributed by atoms with E-state index >= 15 is 0 Å². The predicted molar refractivity (Wildman–Crippen MR) is 79.4 cm³/mol. The molecule has 0 aliphatic heterocycles. The molecule has 0 aliphatic rings. The van der Waals surface area contributed by atoms with Gasteiger partial charge in [-0.25, -0.2) is 4.98 Å². The third-order valence-electron chi connectivity index (χ3n) is 1.99. The van der Waals surface area contributed by atoms with Crippen LogP contribution < -0.4 is 5.32 Å². The Morgan fingerprint density at radius 3 is 2.47 bits per heavy atom. The lowest BCUT2D eigenvalue weighted by Gasteiger charge is -2.09. The molecule has 0 saturated carbocycles. The highest BCUT2D eigenvalue weighted by Crippen LogP contribution is 2.31. The van der Waals surface area contributed by atoms with Crippen molar-refractivity contribution in [2.75, 3.05) is 5.32 Å². The Hall–Kier alpha value is -0.290. The zero-order chi connectivity index (χ0) is 12.4. The largest absolute Gasteiger partial charge is 0.338 e. The molecule has 0 spiro atoms. The summed E-state index contributed by atoms with van der Waals surface area (Å²) in [6.45, 7) is 0. The number of pyridine rings is 1. The molecule has 0 fully saturated rings. The highest BCUT2D eigenvalue weighted by atomic mass is 79.9. The monoisotopic (exact) mass is 394 g/mol. The van der Waals surface area contributed by atoms with Crippen molar-refractivity contribution in [2.24, 2.45) is 0 Å². The van der Waals surface area contributed by atoms with Crippen molar-refractivity contribution in [3.63, 3.8) is 0 Å². The molecule has 1 aromatic heterocycles. The fourth-order valence-corrected chi connectivity index (χ4v) is 2.48. The van der Waals surface area contributed by atoms with E-state index in [0.29, 0.717) is 15.9 Å². The van der Waals surface area contributed by atoms with E-state index < -0.39 is 0 Å². The van der Waals surface area contributed by atoms with Gasteiger partial charge in [0.15, 0.2) is 0 Å². The third kappa shape index (κ3) is 3.35. The second kappa shape index (κ2) is 5.57. The zero-order valence-corrected chi connectivity index (χ0v) is 13.0. The van der Waals surface area contributed by atoms with Crippen molar-refractivity contribution in [3.8, 4) is 0 Å². The lowest BCUT2D eigenvalue weighted by molar-refractivity contribution is 1.29. The topological polar surface area (TPSA) is 24.9 Å². The van der Waals surface area contributed by atoms with Gasteiger partial charge in [0.05, 0.1) is 15.2 Å². The summed E-state index contributed by atoms with van der Waals surface area (Å²) in [6, 6.07) is 7.26. The molecule has 1 aromatic carbocycles. The molecule has 1 heterocycles. The summed E-state index contributed by atoms with van der Waals surface area (Å²) in [5, 5.41) is 4.39. The molecule has 0 unspecified atom stereocenters. The van der Waals surface area contributed by atoms with Crippen LogP contribution >= 0.6 is 55.1 Å². The van der Waals surface area contributed by atoms with Crippen LogP contribution in [0.25, 0.3) is 0 Å². The molecule has 1 N–H and O–H groups in total. The minimum Gasteiger partial charge on any atom is -0.338 e. The van der Waals surface area contributed by atoms with Crippen LogP contribution in [0.4, 0.5) is 11.5 Å². The van der Waals surface area contributed by atoms with E-state index in [1.54, 1.807) is 18.3 Å². The highest BCUT2D eigenvalue weighted by molar-refractivity contribution is 9.11. The molecule has 2 rings (SSSR count). The lowest BCUT2D eigenvalue weighted by Crippen LogP contribution is -1.95. The Balaban J connectivity index is 2.34. The lowest BCUT2D eigenvalue weighted by atomic mass is 10.3. The summed E-state index contributed by atoms with van der Waals surface area (Å²) >= 11 is 18.6. The second-order valence-electron chi connectivity index (χ2n) is 3.23. The first-order chi connectivity index (χ1) is 8.06. The number of rotatable bonds is 2. The molecule has 17 heavy (non-hydrogen) atoms. The minimum atomic E-state index is 0.576. The highest BCUT2D eigenvalue weighted by Gasteiger charge is 2.06. The van der Waals surface area contributed by atoms with E-state index in [1.165, 1.54) is 0 Å². The Morgan fingerprint density at radius 2 is 1.76 bits per heavy atom. The molecular formula is C11H6Br2Cl2N2. The maximum absolute atomic E-state index is 5.93. The van der Waals surface area contributed by atoms with E-state index in [1.807, 2.05) is 12.1 Å². The van der Waals surface area contributed by atoms with Crippen LogP contribution in [0.1, 0.15) is 0 Å². The molecular weight excluding hydrogens is 391 g/mol. The smallest absolute Gasteiger partial charge is 0.144 e. The molecule has 6 heteroatoms. The van der Waals surface area contributed by atoms with Crippen LogP contribution in [0.3, 0.4) is 0 Å². The first-order valence-corrected chi connectivity index (χ1v) is 6.93. The summed E-state index contributed by atoms with van der Waals surface area (Å²) < 4.78 is 1.70. The van der Waals surface area contributed by atoms with Crippen molar-refractivity contribution in [1.82, 2.24) is 4.98 Å². The van der Waals surface area contributed by atoms with E-state index in [9.17, 15) is 0 Å². The molecule has 2 aromatic rings. The van der Waals surface area contributed by atoms with Gasteiger partial charge in [0.2, 0.25) is 0 Å². The van der Waals surface area contributed by atoms with E-state index in [2.05, 4.69) is 42.2 Å². The van der Waals surface area contributed by atoms with Gasteiger partial charge >= 0.3 is 0 Å². The summed E-state index contributed by atoms with van der Waals surface area (Å²) in [6.07, 6.45) is 1.58. The van der Waals surface area contributed by atoms with Gasteiger partial charge in [0.1, 0.15) is 5.82 Å². The normalized spacial score (nSPS) is 10.4. The van der Waals surface area contributed by atoms with Crippen LogP contribution in [0.5, 0.6) is 0 Å². The van der Waals surface area contributed by atoms with Gasteiger partial charge in [-0.3, -0.25) is 0 Å². The number of aromatic nitrogens is 1. The number of halogens is 4. The number of hydrogen-bond donors (Lipinski definition) is 1. The van der Waals surface area contributed by atoms with Crippen LogP contribution in [-0.4, -0.2) is 4.98 Å². The van der Waals surface area contributed by atoms with Gasteiger partial charge < -0.3 is 5.32 Å². The average Bonchev–Trinajstić information content (AvgIpc) is 2.27. The summed E-state index contributed by atoms with van der Waals surface area (Å²) in [5.74, 6) is 0.678. The van der Waals surface area contributed by atoms with Gasteiger partial charge in [0, 0.05) is 15.7 Å². The molecule has 0 aliphatic carbocycles.